The van der Waals surface area contributed by atoms with Crippen LogP contribution in [0.3, 0.4) is 0 Å². The van der Waals surface area contributed by atoms with Gasteiger partial charge in [0.15, 0.2) is 0 Å². The van der Waals surface area contributed by atoms with Gasteiger partial charge in [0.25, 0.3) is 0 Å². The highest BCUT2D eigenvalue weighted by Crippen LogP contribution is 2.05. The minimum atomic E-state index is 0.421. The standard InChI is InChI=1S/C7H18BN/c1-6(2)7(9)4-3-5-8/h6-7H,3-5,8-9H2,1-2H3. The predicted molar refractivity (Wildman–Crippen MR) is 45.4 cm³/mol. The van der Waals surface area contributed by atoms with E-state index in [2.05, 4.69) is 21.7 Å². The van der Waals surface area contributed by atoms with Crippen LogP contribution in [-0.4, -0.2) is 13.9 Å². The highest BCUT2D eigenvalue weighted by Gasteiger charge is 2.04. The van der Waals surface area contributed by atoms with Gasteiger partial charge in [0.1, 0.15) is 7.85 Å². The van der Waals surface area contributed by atoms with Gasteiger partial charge in [0.2, 0.25) is 0 Å². The van der Waals surface area contributed by atoms with E-state index in [9.17, 15) is 0 Å². The lowest BCUT2D eigenvalue weighted by Crippen LogP contribution is -2.25. The molecule has 0 aliphatic heterocycles. The molecule has 0 rings (SSSR count). The first-order valence-electron chi connectivity index (χ1n) is 3.94. The van der Waals surface area contributed by atoms with E-state index in [-0.39, 0.29) is 0 Å². The van der Waals surface area contributed by atoms with Crippen molar-refractivity contribution in [3.63, 3.8) is 0 Å². The maximum Gasteiger partial charge on any atom is 0.101 e. The summed E-state index contributed by atoms with van der Waals surface area (Å²) in [6.07, 6.45) is 3.73. The van der Waals surface area contributed by atoms with Gasteiger partial charge >= 0.3 is 0 Å². The molecule has 0 aromatic heterocycles. The third-order valence-electron chi connectivity index (χ3n) is 1.75. The minimum absolute atomic E-state index is 0.421. The Kier molecular flexibility index (Phi) is 4.88. The number of nitrogens with two attached hydrogens (primary N) is 1. The SMILES string of the molecule is BCCCC(N)C(C)C. The molecule has 0 saturated heterocycles. The molecular weight excluding hydrogens is 109 g/mol. The van der Waals surface area contributed by atoms with E-state index in [1.165, 1.54) is 19.2 Å². The maximum absolute atomic E-state index is 5.80. The van der Waals surface area contributed by atoms with Crippen LogP contribution in [0.1, 0.15) is 26.7 Å². The van der Waals surface area contributed by atoms with Gasteiger partial charge in [-0.25, -0.2) is 0 Å². The van der Waals surface area contributed by atoms with Crippen molar-refractivity contribution in [3.05, 3.63) is 0 Å². The Labute approximate surface area is 59.4 Å². The second-order valence-electron chi connectivity index (χ2n) is 3.05. The summed E-state index contributed by atoms with van der Waals surface area (Å²) >= 11 is 0. The molecule has 2 heteroatoms. The molecule has 0 heterocycles. The highest BCUT2D eigenvalue weighted by molar-refractivity contribution is 6.08. The van der Waals surface area contributed by atoms with Crippen molar-refractivity contribution < 1.29 is 0 Å². The molecule has 9 heavy (non-hydrogen) atoms. The zero-order valence-electron chi connectivity index (χ0n) is 6.85. The third-order valence-corrected chi connectivity index (χ3v) is 1.75. The molecule has 0 bridgehead atoms. The Hall–Kier alpha value is 0.0249. The average Bonchev–Trinajstić information content (AvgIpc) is 1.82. The van der Waals surface area contributed by atoms with Crippen molar-refractivity contribution in [1.82, 2.24) is 0 Å². The number of hydrogen-bond donors (Lipinski definition) is 1. The van der Waals surface area contributed by atoms with E-state index in [4.69, 9.17) is 5.73 Å². The summed E-state index contributed by atoms with van der Waals surface area (Å²) in [4.78, 5) is 0. The molecule has 1 unspecified atom stereocenters. The molecule has 1 atom stereocenters. The Balaban J connectivity index is 3.16. The van der Waals surface area contributed by atoms with Gasteiger partial charge < -0.3 is 5.73 Å². The molecule has 0 fully saturated rings. The van der Waals surface area contributed by atoms with E-state index in [1.807, 2.05) is 0 Å². The fourth-order valence-corrected chi connectivity index (χ4v) is 0.773. The molecule has 0 aromatic carbocycles. The summed E-state index contributed by atoms with van der Waals surface area (Å²) in [6, 6.07) is 0.421. The lowest BCUT2D eigenvalue weighted by atomic mass is 9.94. The fraction of sp³-hybridized carbons (Fsp3) is 1.00. The minimum Gasteiger partial charge on any atom is -0.327 e. The number of hydrogen-bond acceptors (Lipinski definition) is 1. The van der Waals surface area contributed by atoms with Crippen molar-refractivity contribution >= 4 is 7.85 Å². The van der Waals surface area contributed by atoms with Crippen LogP contribution >= 0.6 is 0 Å². The highest BCUT2D eigenvalue weighted by atomic mass is 14.6. The van der Waals surface area contributed by atoms with Gasteiger partial charge in [-0.05, 0) is 12.3 Å². The van der Waals surface area contributed by atoms with Crippen LogP contribution in [0, 0.1) is 5.92 Å². The quantitative estimate of drug-likeness (QED) is 0.555. The summed E-state index contributed by atoms with van der Waals surface area (Å²) < 4.78 is 0. The largest absolute Gasteiger partial charge is 0.327 e. The third kappa shape index (κ3) is 4.52. The summed E-state index contributed by atoms with van der Waals surface area (Å²) in [6.45, 7) is 4.36. The van der Waals surface area contributed by atoms with Crippen LogP contribution < -0.4 is 5.73 Å². The molecule has 0 saturated carbocycles. The van der Waals surface area contributed by atoms with E-state index in [1.54, 1.807) is 0 Å². The summed E-state index contributed by atoms with van der Waals surface area (Å²) in [5.74, 6) is 0.650. The first-order chi connectivity index (χ1) is 4.18. The zero-order valence-corrected chi connectivity index (χ0v) is 6.85. The van der Waals surface area contributed by atoms with Crippen LogP contribution in [-0.2, 0) is 0 Å². The van der Waals surface area contributed by atoms with Gasteiger partial charge in [-0.2, -0.15) is 0 Å². The molecule has 0 aliphatic carbocycles. The van der Waals surface area contributed by atoms with Crippen molar-refractivity contribution in [2.75, 3.05) is 0 Å². The van der Waals surface area contributed by atoms with E-state index in [0.29, 0.717) is 12.0 Å². The topological polar surface area (TPSA) is 26.0 Å². The van der Waals surface area contributed by atoms with Crippen LogP contribution in [0.4, 0.5) is 0 Å². The van der Waals surface area contributed by atoms with Crippen LogP contribution in [0.5, 0.6) is 0 Å². The van der Waals surface area contributed by atoms with Gasteiger partial charge in [-0.3, -0.25) is 0 Å². The van der Waals surface area contributed by atoms with E-state index >= 15 is 0 Å². The van der Waals surface area contributed by atoms with Crippen molar-refractivity contribution in [2.24, 2.45) is 11.7 Å². The van der Waals surface area contributed by atoms with Gasteiger partial charge in [0.05, 0.1) is 0 Å². The van der Waals surface area contributed by atoms with Gasteiger partial charge in [-0.1, -0.05) is 26.6 Å². The van der Waals surface area contributed by atoms with Crippen LogP contribution in [0.25, 0.3) is 0 Å². The molecule has 0 aromatic rings. The average molecular weight is 127 g/mol. The van der Waals surface area contributed by atoms with Crippen molar-refractivity contribution in [1.29, 1.82) is 0 Å². The Morgan fingerprint density at radius 3 is 2.33 bits per heavy atom. The normalized spacial score (nSPS) is 14.2. The van der Waals surface area contributed by atoms with E-state index < -0.39 is 0 Å². The molecule has 0 amide bonds. The Morgan fingerprint density at radius 2 is 2.00 bits per heavy atom. The van der Waals surface area contributed by atoms with Gasteiger partial charge in [0, 0.05) is 6.04 Å². The van der Waals surface area contributed by atoms with Crippen LogP contribution in [0.15, 0.2) is 0 Å². The smallest absolute Gasteiger partial charge is 0.101 e. The van der Waals surface area contributed by atoms with Crippen molar-refractivity contribution in [2.45, 2.75) is 39.1 Å². The molecule has 2 N–H and O–H groups in total. The zero-order chi connectivity index (χ0) is 7.28. The first kappa shape index (κ1) is 9.02. The van der Waals surface area contributed by atoms with Crippen LogP contribution in [0.2, 0.25) is 6.32 Å². The maximum atomic E-state index is 5.80. The summed E-state index contributed by atoms with van der Waals surface area (Å²) in [5.41, 5.74) is 5.80. The lowest BCUT2D eigenvalue weighted by molar-refractivity contribution is 0.460. The Bertz CT molecular complexity index is 63.9. The second kappa shape index (κ2) is 4.86. The molecule has 1 nitrogen and oxygen atoms in total. The van der Waals surface area contributed by atoms with E-state index in [0.717, 1.165) is 0 Å². The van der Waals surface area contributed by atoms with Gasteiger partial charge in [-0.15, -0.1) is 0 Å². The molecule has 54 valence electrons. The first-order valence-corrected chi connectivity index (χ1v) is 3.94. The monoisotopic (exact) mass is 127 g/mol. The molecule has 0 spiro atoms. The summed E-state index contributed by atoms with van der Waals surface area (Å²) in [7, 11) is 2.20. The molecular formula is C7H18BN. The lowest BCUT2D eigenvalue weighted by Gasteiger charge is -2.13. The number of rotatable bonds is 4. The fourth-order valence-electron chi connectivity index (χ4n) is 0.773. The molecule has 0 radical (unpaired) electrons. The Morgan fingerprint density at radius 1 is 1.44 bits per heavy atom. The predicted octanol–water partition coefficient (Wildman–Crippen LogP) is 0.801. The van der Waals surface area contributed by atoms with Crippen molar-refractivity contribution in [3.8, 4) is 0 Å². The molecule has 0 aliphatic rings. The summed E-state index contributed by atoms with van der Waals surface area (Å²) in [5, 5.41) is 0. The second-order valence-corrected chi connectivity index (χ2v) is 3.05.